The first-order chi connectivity index (χ1) is 12.9. The van der Waals surface area contributed by atoms with Gasteiger partial charge in [-0.1, -0.05) is 26.7 Å². The van der Waals surface area contributed by atoms with Crippen LogP contribution in [0.25, 0.3) is 0 Å². The minimum atomic E-state index is -0.161. The third-order valence-electron chi connectivity index (χ3n) is 9.80. The van der Waals surface area contributed by atoms with Crippen LogP contribution in [0.1, 0.15) is 91.4 Å². The smallest absolute Gasteiger partial charge is 0.302 e. The van der Waals surface area contributed by atoms with E-state index >= 15 is 0 Å². The van der Waals surface area contributed by atoms with Gasteiger partial charge in [-0.3, -0.25) is 4.79 Å². The van der Waals surface area contributed by atoms with Gasteiger partial charge in [-0.05, 0) is 98.2 Å². The van der Waals surface area contributed by atoms with E-state index < -0.39 is 0 Å². The third-order valence-corrected chi connectivity index (χ3v) is 9.80. The lowest BCUT2D eigenvalue weighted by atomic mass is 9.44. The Morgan fingerprint density at radius 1 is 1.04 bits per heavy atom. The van der Waals surface area contributed by atoms with Gasteiger partial charge >= 0.3 is 5.97 Å². The van der Waals surface area contributed by atoms with Gasteiger partial charge in [0.1, 0.15) is 0 Å². The van der Waals surface area contributed by atoms with Crippen molar-refractivity contribution in [3.63, 3.8) is 0 Å². The highest BCUT2D eigenvalue weighted by Crippen LogP contribution is 2.67. The first-order valence-electron chi connectivity index (χ1n) is 11.7. The molecule has 4 aliphatic rings. The third kappa shape index (κ3) is 3.26. The predicted octanol–water partition coefficient (Wildman–Crippen LogP) is 5.35. The number of ether oxygens (including phenoxy) is 1. The molecule has 0 aromatic heterocycles. The number of esters is 1. The molecule has 3 heteroatoms. The van der Waals surface area contributed by atoms with E-state index in [1.54, 1.807) is 0 Å². The Kier molecular flexibility index (Phi) is 5.37. The molecule has 154 valence electrons. The van der Waals surface area contributed by atoms with Crippen LogP contribution >= 0.6 is 0 Å². The number of hydrogen-bond donors (Lipinski definition) is 1. The molecule has 0 saturated heterocycles. The number of aliphatic hydroxyl groups is 1. The maximum atomic E-state index is 11.2. The van der Waals surface area contributed by atoms with E-state index in [2.05, 4.69) is 13.8 Å². The molecule has 0 aromatic carbocycles. The summed E-state index contributed by atoms with van der Waals surface area (Å²) in [5.74, 6) is 3.30. The molecule has 0 spiro atoms. The Balaban J connectivity index is 1.48. The van der Waals surface area contributed by atoms with E-state index in [1.807, 2.05) is 0 Å². The molecule has 0 heterocycles. The number of carbonyl (C=O) groups excluding carboxylic acids is 1. The van der Waals surface area contributed by atoms with Gasteiger partial charge in [0.2, 0.25) is 0 Å². The lowest BCUT2D eigenvalue weighted by molar-refractivity contribution is -0.162. The van der Waals surface area contributed by atoms with Crippen molar-refractivity contribution in [2.75, 3.05) is 6.61 Å². The summed E-state index contributed by atoms with van der Waals surface area (Å²) in [6.45, 7) is 7.17. The fourth-order valence-corrected chi connectivity index (χ4v) is 8.38. The summed E-state index contributed by atoms with van der Waals surface area (Å²) in [4.78, 5) is 11.0. The Labute approximate surface area is 165 Å². The van der Waals surface area contributed by atoms with Crippen LogP contribution in [0.15, 0.2) is 0 Å². The minimum Gasteiger partial charge on any atom is -0.466 e. The molecular formula is C24H40O3. The van der Waals surface area contributed by atoms with Crippen LogP contribution in [-0.2, 0) is 9.53 Å². The summed E-state index contributed by atoms with van der Waals surface area (Å²) in [5.41, 5.74) is 0.868. The molecule has 3 nitrogen and oxygen atoms in total. The molecule has 4 fully saturated rings. The highest BCUT2D eigenvalue weighted by molar-refractivity contribution is 5.65. The summed E-state index contributed by atoms with van der Waals surface area (Å²) >= 11 is 0. The van der Waals surface area contributed by atoms with Crippen molar-refractivity contribution in [2.24, 2.45) is 40.4 Å². The molecule has 1 N–H and O–H groups in total. The zero-order valence-corrected chi connectivity index (χ0v) is 17.7. The van der Waals surface area contributed by atoms with Gasteiger partial charge in [0.15, 0.2) is 0 Å². The van der Waals surface area contributed by atoms with E-state index in [0.717, 1.165) is 30.6 Å². The van der Waals surface area contributed by atoms with E-state index in [1.165, 1.54) is 64.7 Å². The van der Waals surface area contributed by atoms with E-state index in [9.17, 15) is 9.90 Å². The molecule has 0 aromatic rings. The molecule has 0 amide bonds. The van der Waals surface area contributed by atoms with E-state index in [4.69, 9.17) is 4.74 Å². The molecule has 27 heavy (non-hydrogen) atoms. The van der Waals surface area contributed by atoms with Gasteiger partial charge in [-0.25, -0.2) is 0 Å². The summed E-state index contributed by atoms with van der Waals surface area (Å²) in [7, 11) is 0. The quantitative estimate of drug-likeness (QED) is 0.531. The zero-order valence-electron chi connectivity index (χ0n) is 17.7. The van der Waals surface area contributed by atoms with Crippen LogP contribution in [0.4, 0.5) is 0 Å². The number of rotatable bonds is 4. The van der Waals surface area contributed by atoms with Gasteiger partial charge in [-0.2, -0.15) is 0 Å². The van der Waals surface area contributed by atoms with Crippen molar-refractivity contribution in [1.29, 1.82) is 0 Å². The van der Waals surface area contributed by atoms with Crippen LogP contribution in [0.2, 0.25) is 0 Å². The molecule has 0 aliphatic heterocycles. The topological polar surface area (TPSA) is 46.5 Å². The predicted molar refractivity (Wildman–Crippen MR) is 107 cm³/mol. The lowest BCUT2D eigenvalue weighted by Crippen LogP contribution is -2.57. The fourth-order valence-electron chi connectivity index (χ4n) is 8.38. The second-order valence-corrected chi connectivity index (χ2v) is 10.8. The lowest BCUT2D eigenvalue weighted by Gasteiger charge is -2.62. The average Bonchev–Trinajstić information content (AvgIpc) is 2.95. The molecule has 4 rings (SSSR count). The number of hydrogen-bond acceptors (Lipinski definition) is 3. The number of aliphatic hydroxyl groups excluding tert-OH is 1. The van der Waals surface area contributed by atoms with Gasteiger partial charge in [0.05, 0.1) is 12.7 Å². The summed E-state index contributed by atoms with van der Waals surface area (Å²) in [6, 6.07) is 0. The van der Waals surface area contributed by atoms with Crippen molar-refractivity contribution in [3.8, 4) is 0 Å². The Morgan fingerprint density at radius 3 is 2.59 bits per heavy atom. The van der Waals surface area contributed by atoms with Crippen LogP contribution in [0, 0.1) is 40.4 Å². The average molecular weight is 377 g/mol. The van der Waals surface area contributed by atoms with Crippen molar-refractivity contribution in [3.05, 3.63) is 0 Å². The molecule has 4 saturated carbocycles. The molecule has 0 radical (unpaired) electrons. The Morgan fingerprint density at radius 2 is 1.81 bits per heavy atom. The van der Waals surface area contributed by atoms with Crippen LogP contribution in [0.5, 0.6) is 0 Å². The van der Waals surface area contributed by atoms with Gasteiger partial charge in [0, 0.05) is 6.92 Å². The summed E-state index contributed by atoms with van der Waals surface area (Å²) < 4.78 is 5.17. The maximum absolute atomic E-state index is 11.2. The van der Waals surface area contributed by atoms with Crippen molar-refractivity contribution in [2.45, 2.75) is 97.5 Å². The van der Waals surface area contributed by atoms with Crippen molar-refractivity contribution in [1.82, 2.24) is 0 Å². The molecule has 8 atom stereocenters. The van der Waals surface area contributed by atoms with Crippen molar-refractivity contribution < 1.29 is 14.6 Å². The molecular weight excluding hydrogens is 336 g/mol. The van der Waals surface area contributed by atoms with Crippen molar-refractivity contribution >= 4 is 5.97 Å². The second-order valence-electron chi connectivity index (χ2n) is 10.8. The summed E-state index contributed by atoms with van der Waals surface area (Å²) in [6.07, 6.45) is 13.9. The van der Waals surface area contributed by atoms with E-state index in [0.29, 0.717) is 29.3 Å². The fraction of sp³-hybridized carbons (Fsp3) is 0.958. The largest absolute Gasteiger partial charge is 0.466 e. The Bertz CT molecular complexity index is 560. The monoisotopic (exact) mass is 376 g/mol. The standard InChI is InChI=1S/C24H40O3/c1-16(25)27-14-6-8-17-9-10-19-22-20(11-13-24(17,19)3)23(2)12-5-4-7-18(23)15-21(22)26/h17-22,26H,4-15H2,1-3H3/t17-,18?,19?,20?,21?,22?,23?,24?/m0/s1. The summed E-state index contributed by atoms with van der Waals surface area (Å²) in [5, 5.41) is 11.2. The number of carbonyl (C=O) groups is 1. The van der Waals surface area contributed by atoms with Gasteiger partial charge in [0.25, 0.3) is 0 Å². The second kappa shape index (κ2) is 7.35. The maximum Gasteiger partial charge on any atom is 0.302 e. The van der Waals surface area contributed by atoms with Crippen LogP contribution in [0.3, 0.4) is 0 Å². The van der Waals surface area contributed by atoms with Crippen LogP contribution in [-0.4, -0.2) is 23.8 Å². The number of fused-ring (bicyclic) bond motifs is 5. The Hall–Kier alpha value is -0.570. The minimum absolute atomic E-state index is 0.0735. The molecule has 7 unspecified atom stereocenters. The van der Waals surface area contributed by atoms with Gasteiger partial charge < -0.3 is 9.84 Å². The highest BCUT2D eigenvalue weighted by atomic mass is 16.5. The SMILES string of the molecule is CC(=O)OCCC[C@H]1CCC2C3C(O)CC4CCCCC4(C)C3CCC21C. The first kappa shape index (κ1) is 19.7. The molecule has 4 aliphatic carbocycles. The molecule has 0 bridgehead atoms. The van der Waals surface area contributed by atoms with E-state index in [-0.39, 0.29) is 12.1 Å². The van der Waals surface area contributed by atoms with Crippen LogP contribution < -0.4 is 0 Å². The zero-order chi connectivity index (χ0) is 19.2. The van der Waals surface area contributed by atoms with Gasteiger partial charge in [-0.15, -0.1) is 0 Å². The highest BCUT2D eigenvalue weighted by Gasteiger charge is 2.61. The normalized spacial score (nSPS) is 49.0. The first-order valence-corrected chi connectivity index (χ1v) is 11.7.